The average molecular weight is 240 g/mol. The fourth-order valence-electron chi connectivity index (χ4n) is 2.19. The molecule has 1 heterocycles. The lowest BCUT2D eigenvalue weighted by Crippen LogP contribution is -2.30. The lowest BCUT2D eigenvalue weighted by molar-refractivity contribution is 0.273. The summed E-state index contributed by atoms with van der Waals surface area (Å²) in [4.78, 5) is 5.62. The Morgan fingerprint density at radius 1 is 1.44 bits per heavy atom. The lowest BCUT2D eigenvalue weighted by atomic mass is 9.84. The Balaban J connectivity index is 2.32. The van der Waals surface area contributed by atoms with Gasteiger partial charge < -0.3 is 5.32 Å². The smallest absolute Gasteiger partial charge is 0.0798 e. The van der Waals surface area contributed by atoms with E-state index >= 15 is 0 Å². The van der Waals surface area contributed by atoms with Gasteiger partial charge >= 0.3 is 0 Å². The van der Waals surface area contributed by atoms with Crippen LogP contribution in [0.3, 0.4) is 0 Å². The van der Waals surface area contributed by atoms with Crippen molar-refractivity contribution in [2.45, 2.75) is 47.6 Å². The first-order valence-corrected chi connectivity index (χ1v) is 6.88. The van der Waals surface area contributed by atoms with Crippen molar-refractivity contribution in [3.05, 3.63) is 16.1 Å². The first-order chi connectivity index (χ1) is 7.41. The molecule has 16 heavy (non-hydrogen) atoms. The van der Waals surface area contributed by atoms with Gasteiger partial charge in [-0.1, -0.05) is 27.7 Å². The van der Waals surface area contributed by atoms with Crippen molar-refractivity contribution in [2.75, 3.05) is 6.54 Å². The number of aromatic nitrogens is 1. The van der Waals surface area contributed by atoms with E-state index in [4.69, 9.17) is 0 Å². The van der Waals surface area contributed by atoms with Crippen molar-refractivity contribution in [3.8, 4) is 0 Å². The van der Waals surface area contributed by atoms with E-state index in [2.05, 4.69) is 44.9 Å². The van der Waals surface area contributed by atoms with Gasteiger partial charge in [0, 0.05) is 18.0 Å². The number of hydrogen-bond donors (Lipinski definition) is 1. The first-order valence-electron chi connectivity index (χ1n) is 6.00. The van der Waals surface area contributed by atoms with Crippen LogP contribution >= 0.6 is 11.3 Å². The molecule has 0 aromatic carbocycles. The third-order valence-corrected chi connectivity index (χ3v) is 3.63. The van der Waals surface area contributed by atoms with E-state index in [-0.39, 0.29) is 0 Å². The quantitative estimate of drug-likeness (QED) is 0.821. The SMILES string of the molecule is Cc1ncsc1CNCC(C)(C)CC(C)C. The molecule has 1 N–H and O–H groups in total. The normalized spacial score (nSPS) is 12.4. The summed E-state index contributed by atoms with van der Waals surface area (Å²) in [5, 5.41) is 3.54. The molecule has 0 saturated carbocycles. The van der Waals surface area contributed by atoms with Crippen LogP contribution in [-0.4, -0.2) is 11.5 Å². The maximum atomic E-state index is 4.26. The topological polar surface area (TPSA) is 24.9 Å². The van der Waals surface area contributed by atoms with Crippen LogP contribution < -0.4 is 5.32 Å². The second-order valence-electron chi connectivity index (χ2n) is 5.73. The third kappa shape index (κ3) is 4.62. The van der Waals surface area contributed by atoms with E-state index in [0.717, 1.165) is 19.0 Å². The van der Waals surface area contributed by atoms with Crippen molar-refractivity contribution in [3.63, 3.8) is 0 Å². The number of nitrogens with zero attached hydrogens (tertiary/aromatic N) is 1. The minimum Gasteiger partial charge on any atom is -0.311 e. The van der Waals surface area contributed by atoms with Crippen molar-refractivity contribution in [1.29, 1.82) is 0 Å². The lowest BCUT2D eigenvalue weighted by Gasteiger charge is -2.27. The molecular formula is C13H24N2S. The molecule has 3 heteroatoms. The van der Waals surface area contributed by atoms with Gasteiger partial charge in [-0.15, -0.1) is 11.3 Å². The Labute approximate surface area is 103 Å². The van der Waals surface area contributed by atoms with Gasteiger partial charge in [-0.05, 0) is 24.7 Å². The molecule has 0 aliphatic rings. The summed E-state index contributed by atoms with van der Waals surface area (Å²) in [5.41, 5.74) is 3.47. The molecule has 92 valence electrons. The van der Waals surface area contributed by atoms with E-state index in [1.807, 2.05) is 5.51 Å². The van der Waals surface area contributed by atoms with Crippen molar-refractivity contribution in [2.24, 2.45) is 11.3 Å². The Morgan fingerprint density at radius 3 is 2.62 bits per heavy atom. The van der Waals surface area contributed by atoms with E-state index in [1.54, 1.807) is 11.3 Å². The molecule has 0 saturated heterocycles. The van der Waals surface area contributed by atoms with Crippen molar-refractivity contribution in [1.82, 2.24) is 10.3 Å². The second kappa shape index (κ2) is 5.78. The zero-order valence-corrected chi connectivity index (χ0v) is 11.9. The Morgan fingerprint density at radius 2 is 2.12 bits per heavy atom. The minimum absolute atomic E-state index is 0.382. The van der Waals surface area contributed by atoms with Crippen LogP contribution in [0, 0.1) is 18.3 Å². The summed E-state index contributed by atoms with van der Waals surface area (Å²) >= 11 is 1.74. The number of aryl methyl sites for hydroxylation is 1. The molecule has 0 bridgehead atoms. The summed E-state index contributed by atoms with van der Waals surface area (Å²) in [7, 11) is 0. The Bertz CT molecular complexity index is 315. The molecule has 1 rings (SSSR count). The van der Waals surface area contributed by atoms with Gasteiger partial charge in [0.1, 0.15) is 0 Å². The van der Waals surface area contributed by atoms with Gasteiger partial charge in [0.15, 0.2) is 0 Å². The highest BCUT2D eigenvalue weighted by Crippen LogP contribution is 2.24. The molecule has 1 aromatic heterocycles. The molecule has 0 spiro atoms. The fourth-order valence-corrected chi connectivity index (χ4v) is 2.93. The molecule has 1 aromatic rings. The van der Waals surface area contributed by atoms with E-state index in [1.165, 1.54) is 17.0 Å². The Kier molecular flexibility index (Phi) is 4.93. The van der Waals surface area contributed by atoms with Crippen LogP contribution in [-0.2, 0) is 6.54 Å². The zero-order chi connectivity index (χ0) is 12.2. The summed E-state index contributed by atoms with van der Waals surface area (Å²) < 4.78 is 0. The maximum Gasteiger partial charge on any atom is 0.0798 e. The number of rotatable bonds is 6. The number of nitrogens with one attached hydrogen (secondary N) is 1. The van der Waals surface area contributed by atoms with Crippen LogP contribution in [0.4, 0.5) is 0 Å². The van der Waals surface area contributed by atoms with E-state index < -0.39 is 0 Å². The van der Waals surface area contributed by atoms with Gasteiger partial charge in [0.05, 0.1) is 11.2 Å². The summed E-state index contributed by atoms with van der Waals surface area (Å²) in [6.45, 7) is 13.3. The minimum atomic E-state index is 0.382. The predicted octanol–water partition coefficient (Wildman–Crippen LogP) is 3.61. The average Bonchev–Trinajstić information content (AvgIpc) is 2.49. The van der Waals surface area contributed by atoms with Crippen LogP contribution in [0.25, 0.3) is 0 Å². The molecular weight excluding hydrogens is 216 g/mol. The summed E-state index contributed by atoms with van der Waals surface area (Å²) in [6.07, 6.45) is 1.27. The van der Waals surface area contributed by atoms with Gasteiger partial charge in [-0.2, -0.15) is 0 Å². The predicted molar refractivity (Wildman–Crippen MR) is 71.8 cm³/mol. The van der Waals surface area contributed by atoms with Crippen LogP contribution in [0.2, 0.25) is 0 Å². The molecule has 0 fully saturated rings. The van der Waals surface area contributed by atoms with Gasteiger partial charge in [0.2, 0.25) is 0 Å². The molecule has 0 radical (unpaired) electrons. The fraction of sp³-hybridized carbons (Fsp3) is 0.769. The van der Waals surface area contributed by atoms with Crippen molar-refractivity contribution >= 4 is 11.3 Å². The molecule has 0 amide bonds. The molecule has 0 unspecified atom stereocenters. The van der Waals surface area contributed by atoms with E-state index in [9.17, 15) is 0 Å². The van der Waals surface area contributed by atoms with Gasteiger partial charge in [-0.3, -0.25) is 0 Å². The van der Waals surface area contributed by atoms with Crippen molar-refractivity contribution < 1.29 is 0 Å². The highest BCUT2D eigenvalue weighted by molar-refractivity contribution is 7.09. The van der Waals surface area contributed by atoms with Gasteiger partial charge in [0.25, 0.3) is 0 Å². The Hall–Kier alpha value is -0.410. The van der Waals surface area contributed by atoms with Crippen LogP contribution in [0.5, 0.6) is 0 Å². The maximum absolute atomic E-state index is 4.26. The van der Waals surface area contributed by atoms with Gasteiger partial charge in [-0.25, -0.2) is 4.98 Å². The second-order valence-corrected chi connectivity index (χ2v) is 6.67. The van der Waals surface area contributed by atoms with Crippen LogP contribution in [0.15, 0.2) is 5.51 Å². The monoisotopic (exact) mass is 240 g/mol. The molecule has 2 nitrogen and oxygen atoms in total. The third-order valence-electron chi connectivity index (χ3n) is 2.69. The number of thiazole rings is 1. The zero-order valence-electron chi connectivity index (χ0n) is 11.1. The summed E-state index contributed by atoms with van der Waals surface area (Å²) in [5.74, 6) is 0.766. The van der Waals surface area contributed by atoms with Crippen LogP contribution in [0.1, 0.15) is 44.7 Å². The number of hydrogen-bond acceptors (Lipinski definition) is 3. The molecule has 0 atom stereocenters. The highest BCUT2D eigenvalue weighted by Gasteiger charge is 2.18. The first kappa shape index (κ1) is 13.7. The molecule has 0 aliphatic heterocycles. The standard InChI is InChI=1S/C13H24N2S/c1-10(2)6-13(4,5)8-14-7-12-11(3)15-9-16-12/h9-10,14H,6-8H2,1-5H3. The molecule has 0 aliphatic carbocycles. The highest BCUT2D eigenvalue weighted by atomic mass is 32.1. The summed E-state index contributed by atoms with van der Waals surface area (Å²) in [6, 6.07) is 0. The largest absolute Gasteiger partial charge is 0.311 e. The van der Waals surface area contributed by atoms with E-state index in [0.29, 0.717) is 5.41 Å².